The van der Waals surface area contributed by atoms with Crippen LogP contribution in [0.2, 0.25) is 0 Å². The van der Waals surface area contributed by atoms with E-state index in [1.807, 2.05) is 0 Å². The molecule has 0 saturated carbocycles. The fraction of sp³-hybridized carbons (Fsp3) is 0.0769. The Bertz CT molecular complexity index is 2190. The lowest BCUT2D eigenvalue weighted by Crippen LogP contribution is -2.56. The van der Waals surface area contributed by atoms with E-state index in [0.29, 0.717) is 0 Å². The van der Waals surface area contributed by atoms with Crippen molar-refractivity contribution in [1.29, 1.82) is 0 Å². The zero-order chi connectivity index (χ0) is 28.0. The Kier molecular flexibility index (Phi) is 4.79. The van der Waals surface area contributed by atoms with Crippen LogP contribution in [0.15, 0.2) is 140 Å². The molecule has 0 spiro atoms. The molecule has 3 heterocycles. The number of nitrogens with zero attached hydrogens (tertiary/aromatic N) is 2. The summed E-state index contributed by atoms with van der Waals surface area (Å²) in [5, 5.41) is 2.59. The SMILES string of the molecule is CC1(C)c2ccccc2N2c3ccccc3B(n3c4ccccc4c4cccc(-c5ccccc5)c43)c3cccc1c32. The summed E-state index contributed by atoms with van der Waals surface area (Å²) in [6.45, 7) is 4.77. The first-order chi connectivity index (χ1) is 20.6. The fourth-order valence-electron chi connectivity index (χ4n) is 7.79. The highest BCUT2D eigenvalue weighted by Crippen LogP contribution is 2.52. The van der Waals surface area contributed by atoms with E-state index in [9.17, 15) is 0 Å². The van der Waals surface area contributed by atoms with Gasteiger partial charge in [0.2, 0.25) is 0 Å². The molecule has 0 N–H and O–H groups in total. The quantitative estimate of drug-likeness (QED) is 0.201. The van der Waals surface area contributed by atoms with Crippen LogP contribution in [0.3, 0.4) is 0 Å². The van der Waals surface area contributed by atoms with E-state index >= 15 is 0 Å². The first-order valence-electron chi connectivity index (χ1n) is 14.8. The molecule has 9 rings (SSSR count). The van der Waals surface area contributed by atoms with Gasteiger partial charge in [0, 0.05) is 44.2 Å². The molecule has 0 atom stereocenters. The molecule has 2 aliphatic rings. The topological polar surface area (TPSA) is 8.17 Å². The van der Waals surface area contributed by atoms with Crippen molar-refractivity contribution in [2.75, 3.05) is 4.90 Å². The van der Waals surface area contributed by atoms with Crippen LogP contribution in [0.5, 0.6) is 0 Å². The molecule has 0 fully saturated rings. The van der Waals surface area contributed by atoms with E-state index in [-0.39, 0.29) is 12.3 Å². The molecule has 1 aromatic heterocycles. The van der Waals surface area contributed by atoms with Gasteiger partial charge < -0.3 is 9.38 Å². The van der Waals surface area contributed by atoms with E-state index in [2.05, 4.69) is 163 Å². The van der Waals surface area contributed by atoms with Crippen LogP contribution in [0.4, 0.5) is 17.1 Å². The molecular formula is C39H29BN2. The molecule has 0 unspecified atom stereocenters. The third-order valence-corrected chi connectivity index (χ3v) is 9.62. The van der Waals surface area contributed by atoms with Crippen molar-refractivity contribution in [3.63, 3.8) is 0 Å². The summed E-state index contributed by atoms with van der Waals surface area (Å²) in [4.78, 5) is 2.53. The van der Waals surface area contributed by atoms with Crippen LogP contribution in [-0.2, 0) is 5.41 Å². The Balaban J connectivity index is 1.45. The fourth-order valence-corrected chi connectivity index (χ4v) is 7.79. The minimum absolute atomic E-state index is 0.0146. The van der Waals surface area contributed by atoms with Gasteiger partial charge >= 0.3 is 6.85 Å². The van der Waals surface area contributed by atoms with Crippen molar-refractivity contribution in [2.24, 2.45) is 0 Å². The van der Waals surface area contributed by atoms with Gasteiger partial charge in [0.15, 0.2) is 0 Å². The Morgan fingerprint density at radius 2 is 1.17 bits per heavy atom. The summed E-state index contributed by atoms with van der Waals surface area (Å²) in [6, 6.07) is 51.5. The number of anilines is 3. The summed E-state index contributed by atoms with van der Waals surface area (Å²) in [5.41, 5.74) is 14.2. The molecule has 42 heavy (non-hydrogen) atoms. The van der Waals surface area contributed by atoms with Crippen LogP contribution in [-0.4, -0.2) is 11.3 Å². The van der Waals surface area contributed by atoms with E-state index < -0.39 is 0 Å². The second-order valence-electron chi connectivity index (χ2n) is 12.1. The van der Waals surface area contributed by atoms with Gasteiger partial charge in [-0.1, -0.05) is 135 Å². The van der Waals surface area contributed by atoms with Crippen LogP contribution >= 0.6 is 0 Å². The molecule has 2 aliphatic heterocycles. The first kappa shape index (κ1) is 23.7. The summed E-state index contributed by atoms with van der Waals surface area (Å²) < 4.78 is 2.63. The van der Waals surface area contributed by atoms with Gasteiger partial charge in [-0.25, -0.2) is 0 Å². The van der Waals surface area contributed by atoms with Gasteiger partial charge in [0.05, 0.1) is 5.69 Å². The number of rotatable bonds is 2. The summed E-state index contributed by atoms with van der Waals surface area (Å²) in [7, 11) is 0. The smallest absolute Gasteiger partial charge is 0.332 e. The Morgan fingerprint density at radius 3 is 2.05 bits per heavy atom. The van der Waals surface area contributed by atoms with Gasteiger partial charge in [-0.3, -0.25) is 0 Å². The Labute approximate surface area is 246 Å². The maximum Gasteiger partial charge on any atom is 0.332 e. The second-order valence-corrected chi connectivity index (χ2v) is 12.1. The van der Waals surface area contributed by atoms with Crippen molar-refractivity contribution in [3.05, 3.63) is 151 Å². The molecule has 2 nitrogen and oxygen atoms in total. The number of para-hydroxylation sites is 5. The van der Waals surface area contributed by atoms with E-state index in [4.69, 9.17) is 0 Å². The van der Waals surface area contributed by atoms with Crippen molar-refractivity contribution in [1.82, 2.24) is 4.48 Å². The van der Waals surface area contributed by atoms with E-state index in [1.165, 1.54) is 72.0 Å². The molecular weight excluding hydrogens is 507 g/mol. The largest absolute Gasteiger partial charge is 0.375 e. The lowest BCUT2D eigenvalue weighted by molar-refractivity contribution is 0.632. The number of aromatic nitrogens is 1. The number of hydrogen-bond donors (Lipinski definition) is 0. The predicted molar refractivity (Wildman–Crippen MR) is 179 cm³/mol. The lowest BCUT2D eigenvalue weighted by Gasteiger charge is -2.47. The van der Waals surface area contributed by atoms with E-state index in [0.717, 1.165) is 0 Å². The van der Waals surface area contributed by atoms with Gasteiger partial charge in [0.1, 0.15) is 0 Å². The summed E-state index contributed by atoms with van der Waals surface area (Å²) in [5.74, 6) is 0. The third kappa shape index (κ3) is 3.00. The molecule has 0 aliphatic carbocycles. The first-order valence-corrected chi connectivity index (χ1v) is 14.8. The molecule has 198 valence electrons. The van der Waals surface area contributed by atoms with Crippen LogP contribution in [0.1, 0.15) is 25.0 Å². The molecule has 6 aromatic carbocycles. The van der Waals surface area contributed by atoms with Crippen LogP contribution in [0, 0.1) is 0 Å². The van der Waals surface area contributed by atoms with Gasteiger partial charge in [-0.2, -0.15) is 0 Å². The highest BCUT2D eigenvalue weighted by Gasteiger charge is 2.45. The average molecular weight is 536 g/mol. The van der Waals surface area contributed by atoms with Crippen molar-refractivity contribution < 1.29 is 0 Å². The Morgan fingerprint density at radius 1 is 0.524 bits per heavy atom. The molecule has 0 saturated heterocycles. The number of benzene rings is 6. The lowest BCUT2D eigenvalue weighted by atomic mass is 9.46. The summed E-state index contributed by atoms with van der Waals surface area (Å²) in [6.07, 6.45) is 0. The maximum atomic E-state index is 2.63. The maximum absolute atomic E-state index is 2.63. The molecule has 0 amide bonds. The third-order valence-electron chi connectivity index (χ3n) is 9.62. The average Bonchev–Trinajstić information content (AvgIpc) is 3.37. The Hall–Kier alpha value is -5.02. The van der Waals surface area contributed by atoms with E-state index in [1.54, 1.807) is 0 Å². The predicted octanol–water partition coefficient (Wildman–Crippen LogP) is 8.54. The monoisotopic (exact) mass is 536 g/mol. The normalized spacial score (nSPS) is 14.5. The minimum Gasteiger partial charge on any atom is -0.375 e. The second kappa shape index (κ2) is 8.50. The van der Waals surface area contributed by atoms with Gasteiger partial charge in [-0.05, 0) is 45.8 Å². The number of hydrogen-bond acceptors (Lipinski definition) is 1. The van der Waals surface area contributed by atoms with Crippen molar-refractivity contribution in [3.8, 4) is 11.1 Å². The zero-order valence-electron chi connectivity index (χ0n) is 23.8. The highest BCUT2D eigenvalue weighted by atomic mass is 15.2. The van der Waals surface area contributed by atoms with Crippen molar-refractivity contribution >= 4 is 56.6 Å². The zero-order valence-corrected chi connectivity index (χ0v) is 23.8. The minimum atomic E-state index is -0.120. The van der Waals surface area contributed by atoms with Gasteiger partial charge in [-0.15, -0.1) is 0 Å². The molecule has 0 radical (unpaired) electrons. The van der Waals surface area contributed by atoms with Crippen molar-refractivity contribution in [2.45, 2.75) is 19.3 Å². The molecule has 3 heteroatoms. The standard InChI is InChI=1S/C39H29BN2/c1-39(2)30-19-7-10-24-35(30)41-36-25-11-8-21-32(36)40(33-22-13-20-31(39)38(33)41)42-34-23-9-6-16-28(34)29-18-12-17-27(37(29)42)26-14-4-3-5-15-26/h3-25H,1-2H3. The summed E-state index contributed by atoms with van der Waals surface area (Å²) >= 11 is 0. The van der Waals surface area contributed by atoms with Gasteiger partial charge in [0.25, 0.3) is 0 Å². The number of fused-ring (bicyclic) bond motifs is 7. The molecule has 7 aromatic rings. The molecule has 0 bridgehead atoms. The highest BCUT2D eigenvalue weighted by molar-refractivity contribution is 6.88. The van der Waals surface area contributed by atoms with Crippen LogP contribution < -0.4 is 15.8 Å². The van der Waals surface area contributed by atoms with Crippen LogP contribution in [0.25, 0.3) is 32.9 Å².